The highest BCUT2D eigenvalue weighted by molar-refractivity contribution is 5.71. The molecule has 3 heteroatoms. The second-order valence-electron chi connectivity index (χ2n) is 4.71. The van der Waals surface area contributed by atoms with Gasteiger partial charge in [0.05, 0.1) is 0 Å². The average Bonchev–Trinajstić information content (AvgIpc) is 2.28. The van der Waals surface area contributed by atoms with Gasteiger partial charge in [-0.1, -0.05) is 19.9 Å². The third-order valence-corrected chi connectivity index (χ3v) is 2.59. The van der Waals surface area contributed by atoms with Crippen LogP contribution in [0.15, 0.2) is 24.4 Å². The van der Waals surface area contributed by atoms with Gasteiger partial charge < -0.3 is 11.1 Å². The number of pyridine rings is 1. The minimum atomic E-state index is 0.608. The van der Waals surface area contributed by atoms with Crippen LogP contribution in [0.4, 0.5) is 5.82 Å². The topological polar surface area (TPSA) is 50.9 Å². The van der Waals surface area contributed by atoms with Crippen LogP contribution in [0.5, 0.6) is 0 Å². The van der Waals surface area contributed by atoms with Gasteiger partial charge in [0, 0.05) is 11.8 Å². The van der Waals surface area contributed by atoms with Gasteiger partial charge in [0.15, 0.2) is 0 Å². The Labute approximate surface area is 104 Å². The van der Waals surface area contributed by atoms with E-state index in [9.17, 15) is 0 Å². The molecule has 0 aliphatic rings. The lowest BCUT2D eigenvalue weighted by Crippen LogP contribution is -2.20. The molecule has 0 bridgehead atoms. The summed E-state index contributed by atoms with van der Waals surface area (Å²) in [6, 6.07) is 3.93. The van der Waals surface area contributed by atoms with Crippen molar-refractivity contribution in [2.45, 2.75) is 27.2 Å². The van der Waals surface area contributed by atoms with Crippen molar-refractivity contribution in [3.8, 4) is 0 Å². The van der Waals surface area contributed by atoms with Crippen LogP contribution in [0, 0.1) is 5.92 Å². The highest BCUT2D eigenvalue weighted by atomic mass is 14.8. The molecule has 0 fully saturated rings. The van der Waals surface area contributed by atoms with Crippen LogP contribution in [-0.4, -0.2) is 18.1 Å². The largest absolute Gasteiger partial charge is 0.383 e. The first-order valence-electron chi connectivity index (χ1n) is 6.19. The summed E-state index contributed by atoms with van der Waals surface area (Å²) in [5.41, 5.74) is 8.06. The summed E-state index contributed by atoms with van der Waals surface area (Å²) in [5.74, 6) is 1.31. The van der Waals surface area contributed by atoms with Crippen LogP contribution in [0.3, 0.4) is 0 Å². The fourth-order valence-corrected chi connectivity index (χ4v) is 1.64. The maximum Gasteiger partial charge on any atom is 0.130 e. The molecule has 1 rings (SSSR count). The molecule has 3 nitrogen and oxygen atoms in total. The molecule has 1 aromatic rings. The van der Waals surface area contributed by atoms with Crippen molar-refractivity contribution in [3.63, 3.8) is 0 Å². The Kier molecular flexibility index (Phi) is 5.70. The number of hydrogen-bond donors (Lipinski definition) is 2. The third-order valence-electron chi connectivity index (χ3n) is 2.59. The van der Waals surface area contributed by atoms with Crippen molar-refractivity contribution >= 4 is 11.4 Å². The molecule has 0 saturated carbocycles. The van der Waals surface area contributed by atoms with Gasteiger partial charge in [-0.15, -0.1) is 0 Å². The lowest BCUT2D eigenvalue weighted by Gasteiger charge is -2.07. The highest BCUT2D eigenvalue weighted by Gasteiger charge is 2.00. The lowest BCUT2D eigenvalue weighted by molar-refractivity contribution is 0.557. The van der Waals surface area contributed by atoms with E-state index in [0.717, 1.165) is 25.1 Å². The predicted molar refractivity (Wildman–Crippen MR) is 74.6 cm³/mol. The summed E-state index contributed by atoms with van der Waals surface area (Å²) in [7, 11) is 0. The molecule has 0 radical (unpaired) electrons. The van der Waals surface area contributed by atoms with E-state index in [1.165, 1.54) is 5.57 Å². The van der Waals surface area contributed by atoms with Gasteiger partial charge in [-0.2, -0.15) is 0 Å². The SMILES string of the molecule is CC(=CCCNCC(C)C)c1cccnc1N. The molecule has 0 unspecified atom stereocenters. The molecule has 0 aliphatic carbocycles. The number of nitrogens with zero attached hydrogens (tertiary/aromatic N) is 1. The second-order valence-corrected chi connectivity index (χ2v) is 4.71. The van der Waals surface area contributed by atoms with Crippen molar-refractivity contribution in [3.05, 3.63) is 30.0 Å². The third kappa shape index (κ3) is 5.00. The first-order valence-corrected chi connectivity index (χ1v) is 6.19. The molecular formula is C14H23N3. The van der Waals surface area contributed by atoms with E-state index in [0.29, 0.717) is 11.7 Å². The van der Waals surface area contributed by atoms with Gasteiger partial charge >= 0.3 is 0 Å². The van der Waals surface area contributed by atoms with Crippen molar-refractivity contribution in [2.24, 2.45) is 5.92 Å². The Bertz CT molecular complexity index is 369. The Morgan fingerprint density at radius 2 is 2.29 bits per heavy atom. The molecule has 1 heterocycles. The minimum absolute atomic E-state index is 0.608. The summed E-state index contributed by atoms with van der Waals surface area (Å²) in [4.78, 5) is 4.09. The molecular weight excluding hydrogens is 210 g/mol. The Balaban J connectivity index is 2.42. The van der Waals surface area contributed by atoms with Crippen LogP contribution in [0.2, 0.25) is 0 Å². The average molecular weight is 233 g/mol. The van der Waals surface area contributed by atoms with E-state index in [2.05, 4.69) is 37.1 Å². The van der Waals surface area contributed by atoms with Crippen molar-refractivity contribution < 1.29 is 0 Å². The number of hydrogen-bond acceptors (Lipinski definition) is 3. The predicted octanol–water partition coefficient (Wildman–Crippen LogP) is 2.70. The second kappa shape index (κ2) is 7.07. The van der Waals surface area contributed by atoms with Crippen LogP contribution in [0.1, 0.15) is 32.8 Å². The molecule has 17 heavy (non-hydrogen) atoms. The number of nitrogen functional groups attached to an aromatic ring is 1. The summed E-state index contributed by atoms with van der Waals surface area (Å²) in [6.45, 7) is 8.59. The van der Waals surface area contributed by atoms with Crippen LogP contribution in [0.25, 0.3) is 5.57 Å². The standard InChI is InChI=1S/C14H23N3/c1-11(2)10-16-8-4-6-12(3)13-7-5-9-17-14(13)15/h5-7,9,11,16H,4,8,10H2,1-3H3,(H2,15,17). The molecule has 0 saturated heterocycles. The number of nitrogens with one attached hydrogen (secondary N) is 1. The van der Waals surface area contributed by atoms with Gasteiger partial charge in [-0.3, -0.25) is 0 Å². The number of anilines is 1. The maximum atomic E-state index is 5.82. The van der Waals surface area contributed by atoms with E-state index in [-0.39, 0.29) is 0 Å². The molecule has 0 aliphatic heterocycles. The fraction of sp³-hybridized carbons (Fsp3) is 0.500. The monoisotopic (exact) mass is 233 g/mol. The summed E-state index contributed by atoms with van der Waals surface area (Å²) >= 11 is 0. The van der Waals surface area contributed by atoms with E-state index in [1.54, 1.807) is 6.20 Å². The van der Waals surface area contributed by atoms with Crippen molar-refractivity contribution in [1.82, 2.24) is 10.3 Å². The molecule has 0 aromatic carbocycles. The zero-order chi connectivity index (χ0) is 12.7. The van der Waals surface area contributed by atoms with Crippen LogP contribution >= 0.6 is 0 Å². The maximum absolute atomic E-state index is 5.82. The lowest BCUT2D eigenvalue weighted by atomic mass is 10.1. The quantitative estimate of drug-likeness (QED) is 0.743. The van der Waals surface area contributed by atoms with Crippen LogP contribution < -0.4 is 11.1 Å². The van der Waals surface area contributed by atoms with E-state index >= 15 is 0 Å². The highest BCUT2D eigenvalue weighted by Crippen LogP contribution is 2.18. The van der Waals surface area contributed by atoms with E-state index in [4.69, 9.17) is 5.73 Å². The molecule has 1 aromatic heterocycles. The van der Waals surface area contributed by atoms with Crippen LogP contribution in [-0.2, 0) is 0 Å². The van der Waals surface area contributed by atoms with Crippen molar-refractivity contribution in [1.29, 1.82) is 0 Å². The number of nitrogens with two attached hydrogens (primary N) is 1. The Morgan fingerprint density at radius 3 is 2.94 bits per heavy atom. The first-order chi connectivity index (χ1) is 8.11. The zero-order valence-electron chi connectivity index (χ0n) is 11.0. The zero-order valence-corrected chi connectivity index (χ0v) is 11.0. The summed E-state index contributed by atoms with van der Waals surface area (Å²) < 4.78 is 0. The summed E-state index contributed by atoms with van der Waals surface area (Å²) in [5, 5.41) is 3.41. The van der Waals surface area contributed by atoms with Gasteiger partial charge in [-0.05, 0) is 50.1 Å². The molecule has 0 atom stereocenters. The van der Waals surface area contributed by atoms with Crippen molar-refractivity contribution in [2.75, 3.05) is 18.8 Å². The van der Waals surface area contributed by atoms with Gasteiger partial charge in [-0.25, -0.2) is 4.98 Å². The number of aromatic nitrogens is 1. The smallest absolute Gasteiger partial charge is 0.130 e. The molecule has 0 spiro atoms. The number of rotatable bonds is 6. The van der Waals surface area contributed by atoms with Gasteiger partial charge in [0.2, 0.25) is 0 Å². The summed E-state index contributed by atoms with van der Waals surface area (Å²) in [6.07, 6.45) is 4.95. The normalized spacial score (nSPS) is 12.1. The van der Waals surface area contributed by atoms with E-state index in [1.807, 2.05) is 12.1 Å². The number of allylic oxidation sites excluding steroid dienone is 1. The van der Waals surface area contributed by atoms with E-state index < -0.39 is 0 Å². The fourth-order valence-electron chi connectivity index (χ4n) is 1.64. The Hall–Kier alpha value is -1.35. The Morgan fingerprint density at radius 1 is 1.53 bits per heavy atom. The molecule has 3 N–H and O–H groups in total. The first kappa shape index (κ1) is 13.7. The van der Waals surface area contributed by atoms with Gasteiger partial charge in [0.25, 0.3) is 0 Å². The minimum Gasteiger partial charge on any atom is -0.383 e. The van der Waals surface area contributed by atoms with Gasteiger partial charge in [0.1, 0.15) is 5.82 Å². The molecule has 0 amide bonds. The molecule has 94 valence electrons.